The van der Waals surface area contributed by atoms with Gasteiger partial charge in [0.2, 0.25) is 0 Å². The van der Waals surface area contributed by atoms with Gasteiger partial charge in [0.15, 0.2) is 5.78 Å². The molecular weight excluding hydrogens is 212 g/mol. The van der Waals surface area contributed by atoms with Crippen LogP contribution in [0.25, 0.3) is 0 Å². The minimum absolute atomic E-state index is 0.218. The van der Waals surface area contributed by atoms with Gasteiger partial charge in [-0.05, 0) is 18.5 Å². The van der Waals surface area contributed by atoms with E-state index in [4.69, 9.17) is 0 Å². The highest BCUT2D eigenvalue weighted by atomic mass is 16.1. The summed E-state index contributed by atoms with van der Waals surface area (Å²) in [6.45, 7) is 9.01. The third-order valence-electron chi connectivity index (χ3n) is 3.24. The maximum atomic E-state index is 12.0. The van der Waals surface area contributed by atoms with Crippen LogP contribution in [0, 0.1) is 5.92 Å². The zero-order valence-electron chi connectivity index (χ0n) is 11.4. The van der Waals surface area contributed by atoms with Gasteiger partial charge in [0.25, 0.3) is 0 Å². The molecule has 0 aliphatic heterocycles. The summed E-state index contributed by atoms with van der Waals surface area (Å²) in [5.41, 5.74) is 0.815. The molecule has 0 spiro atoms. The molecule has 0 radical (unpaired) electrons. The summed E-state index contributed by atoms with van der Waals surface area (Å²) in [7, 11) is 1.94. The number of Topliss-reactive ketones (excluding diaryl/α,β-unsaturated/α-hetero) is 1. The fourth-order valence-electron chi connectivity index (χ4n) is 1.84. The highest BCUT2D eigenvalue weighted by molar-refractivity contribution is 5.97. The lowest BCUT2D eigenvalue weighted by Crippen LogP contribution is -2.33. The molecule has 3 heteroatoms. The number of carbonyl (C=O) groups is 1. The van der Waals surface area contributed by atoms with Crippen molar-refractivity contribution in [3.63, 3.8) is 0 Å². The smallest absolute Gasteiger partial charge is 0.178 e. The van der Waals surface area contributed by atoms with Crippen molar-refractivity contribution in [1.29, 1.82) is 0 Å². The summed E-state index contributed by atoms with van der Waals surface area (Å²) >= 11 is 0. The van der Waals surface area contributed by atoms with Crippen LogP contribution in [0.1, 0.15) is 37.6 Å². The Morgan fingerprint density at radius 3 is 2.65 bits per heavy atom. The zero-order chi connectivity index (χ0) is 12.8. The van der Waals surface area contributed by atoms with E-state index in [1.54, 1.807) is 0 Å². The van der Waals surface area contributed by atoms with Gasteiger partial charge in [-0.25, -0.2) is 0 Å². The largest absolute Gasteiger partial charge is 0.357 e. The molecular formula is C14H24N2O. The van der Waals surface area contributed by atoms with Crippen LogP contribution < -0.4 is 0 Å². The lowest BCUT2D eigenvalue weighted by atomic mass is 10.1. The molecule has 0 bridgehead atoms. The number of ketones is 1. The minimum Gasteiger partial charge on any atom is -0.357 e. The number of rotatable bonds is 7. The number of aromatic nitrogens is 1. The van der Waals surface area contributed by atoms with Crippen LogP contribution in [-0.4, -0.2) is 34.9 Å². The Morgan fingerprint density at radius 1 is 1.47 bits per heavy atom. The molecule has 0 amide bonds. The third kappa shape index (κ3) is 4.35. The normalized spacial score (nSPS) is 13.0. The first-order valence-electron chi connectivity index (χ1n) is 6.44. The van der Waals surface area contributed by atoms with Crippen LogP contribution in [0.2, 0.25) is 0 Å². The highest BCUT2D eigenvalue weighted by Crippen LogP contribution is 2.07. The van der Waals surface area contributed by atoms with Crippen molar-refractivity contribution in [3.8, 4) is 0 Å². The summed E-state index contributed by atoms with van der Waals surface area (Å²) in [5.74, 6) is 0.870. The maximum absolute atomic E-state index is 12.0. The molecule has 3 nitrogen and oxygen atoms in total. The first-order chi connectivity index (χ1) is 8.06. The second-order valence-electron chi connectivity index (χ2n) is 4.83. The Bertz CT molecular complexity index is 357. The Morgan fingerprint density at radius 2 is 2.18 bits per heavy atom. The Hall–Kier alpha value is -1.09. The predicted octanol–water partition coefficient (Wildman–Crippen LogP) is 2.58. The molecule has 1 rings (SSSR count). The molecule has 1 unspecified atom stereocenters. The molecule has 1 atom stereocenters. The van der Waals surface area contributed by atoms with Gasteiger partial charge < -0.3 is 4.57 Å². The lowest BCUT2D eigenvalue weighted by molar-refractivity contribution is 0.0924. The zero-order valence-corrected chi connectivity index (χ0v) is 11.4. The van der Waals surface area contributed by atoms with Crippen LogP contribution in [0.15, 0.2) is 18.5 Å². The number of hydrogen-bond acceptors (Lipinski definition) is 2. The molecule has 0 N–H and O–H groups in total. The summed E-state index contributed by atoms with van der Waals surface area (Å²) < 4.78 is 1.91. The second-order valence-corrected chi connectivity index (χ2v) is 4.83. The van der Waals surface area contributed by atoms with Crippen molar-refractivity contribution in [2.45, 2.75) is 27.2 Å². The summed E-state index contributed by atoms with van der Waals surface area (Å²) in [5, 5.41) is 0. The van der Waals surface area contributed by atoms with Gasteiger partial charge in [0.05, 0.1) is 6.54 Å². The molecule has 0 aliphatic rings. The fourth-order valence-corrected chi connectivity index (χ4v) is 1.84. The van der Waals surface area contributed by atoms with Crippen LogP contribution in [0.4, 0.5) is 0 Å². The van der Waals surface area contributed by atoms with Crippen molar-refractivity contribution in [2.24, 2.45) is 13.0 Å². The summed E-state index contributed by atoms with van der Waals surface area (Å²) in [4.78, 5) is 14.3. The van der Waals surface area contributed by atoms with Gasteiger partial charge in [-0.1, -0.05) is 27.2 Å². The molecule has 0 fully saturated rings. The SMILES string of the molecule is CCC(C)CN(CC)CC(=O)c1ccn(C)c1. The van der Waals surface area contributed by atoms with Crippen molar-refractivity contribution >= 4 is 5.78 Å². The first-order valence-corrected chi connectivity index (χ1v) is 6.44. The Kier molecular flexibility index (Phi) is 5.42. The van der Waals surface area contributed by atoms with E-state index in [9.17, 15) is 4.79 Å². The van der Waals surface area contributed by atoms with E-state index in [0.717, 1.165) is 25.1 Å². The average molecular weight is 236 g/mol. The van der Waals surface area contributed by atoms with Crippen LogP contribution in [0.5, 0.6) is 0 Å². The average Bonchev–Trinajstić information content (AvgIpc) is 2.74. The maximum Gasteiger partial charge on any atom is 0.178 e. The van der Waals surface area contributed by atoms with Crippen LogP contribution in [-0.2, 0) is 7.05 Å². The van der Waals surface area contributed by atoms with E-state index < -0.39 is 0 Å². The second kappa shape index (κ2) is 6.60. The van der Waals surface area contributed by atoms with E-state index in [1.807, 2.05) is 30.1 Å². The quantitative estimate of drug-likeness (QED) is 0.680. The van der Waals surface area contributed by atoms with Crippen LogP contribution in [0.3, 0.4) is 0 Å². The number of likely N-dealkylation sites (N-methyl/N-ethyl adjacent to an activating group) is 1. The lowest BCUT2D eigenvalue weighted by Gasteiger charge is -2.22. The van der Waals surface area contributed by atoms with Gasteiger partial charge in [-0.3, -0.25) is 9.69 Å². The van der Waals surface area contributed by atoms with Crippen molar-refractivity contribution in [3.05, 3.63) is 24.0 Å². The topological polar surface area (TPSA) is 25.2 Å². The van der Waals surface area contributed by atoms with E-state index in [-0.39, 0.29) is 5.78 Å². The molecule has 96 valence electrons. The summed E-state index contributed by atoms with van der Waals surface area (Å²) in [6.07, 6.45) is 4.97. The van der Waals surface area contributed by atoms with Crippen molar-refractivity contribution in [2.75, 3.05) is 19.6 Å². The van der Waals surface area contributed by atoms with Crippen molar-refractivity contribution in [1.82, 2.24) is 9.47 Å². The molecule has 1 aromatic rings. The molecule has 0 aromatic carbocycles. The Labute approximate surface area is 104 Å². The molecule has 1 aromatic heterocycles. The van der Waals surface area contributed by atoms with Crippen LogP contribution >= 0.6 is 0 Å². The number of nitrogens with zero attached hydrogens (tertiary/aromatic N) is 2. The predicted molar refractivity (Wildman–Crippen MR) is 71.3 cm³/mol. The van der Waals surface area contributed by atoms with E-state index >= 15 is 0 Å². The monoisotopic (exact) mass is 236 g/mol. The molecule has 0 aliphatic carbocycles. The third-order valence-corrected chi connectivity index (χ3v) is 3.24. The Balaban J connectivity index is 2.53. The molecule has 0 saturated carbocycles. The van der Waals surface area contributed by atoms with Gasteiger partial charge in [0, 0.05) is 31.5 Å². The highest BCUT2D eigenvalue weighted by Gasteiger charge is 2.13. The van der Waals surface area contributed by atoms with Gasteiger partial charge in [-0.2, -0.15) is 0 Å². The van der Waals surface area contributed by atoms with Crippen molar-refractivity contribution < 1.29 is 4.79 Å². The number of carbonyl (C=O) groups excluding carboxylic acids is 1. The number of hydrogen-bond donors (Lipinski definition) is 0. The summed E-state index contributed by atoms with van der Waals surface area (Å²) in [6, 6.07) is 1.89. The van der Waals surface area contributed by atoms with E-state index in [2.05, 4.69) is 25.7 Å². The fraction of sp³-hybridized carbons (Fsp3) is 0.643. The molecule has 0 saturated heterocycles. The van der Waals surface area contributed by atoms with E-state index in [0.29, 0.717) is 12.5 Å². The van der Waals surface area contributed by atoms with Gasteiger partial charge >= 0.3 is 0 Å². The van der Waals surface area contributed by atoms with E-state index in [1.165, 1.54) is 0 Å². The molecule has 1 heterocycles. The number of aryl methyl sites for hydroxylation is 1. The standard InChI is InChI=1S/C14H24N2O/c1-5-12(3)9-16(6-2)11-14(17)13-7-8-15(4)10-13/h7-8,10,12H,5-6,9,11H2,1-4H3. The van der Waals surface area contributed by atoms with Gasteiger partial charge in [-0.15, -0.1) is 0 Å². The molecule has 17 heavy (non-hydrogen) atoms. The first kappa shape index (κ1) is 14.0. The van der Waals surface area contributed by atoms with Gasteiger partial charge in [0.1, 0.15) is 0 Å². The minimum atomic E-state index is 0.218.